The Kier molecular flexibility index (Phi) is 64.8. The van der Waals surface area contributed by atoms with Crippen molar-refractivity contribution in [1.82, 2.24) is 0 Å². The molecular weight excluding hydrogens is 1010 g/mol. The van der Waals surface area contributed by atoms with Gasteiger partial charge in [-0.1, -0.05) is 301 Å². The summed E-state index contributed by atoms with van der Waals surface area (Å²) >= 11 is 0. The fraction of sp³-hybridized carbons (Fsp3) is 0.645. The van der Waals surface area contributed by atoms with Gasteiger partial charge in [-0.2, -0.15) is 0 Å². The molecule has 0 saturated carbocycles. The zero-order chi connectivity index (χ0) is 59.2. The Labute approximate surface area is 506 Å². The summed E-state index contributed by atoms with van der Waals surface area (Å²) in [5.41, 5.74) is 0. The van der Waals surface area contributed by atoms with E-state index < -0.39 is 6.10 Å². The normalized spacial score (nSPS) is 13.1. The van der Waals surface area contributed by atoms with Crippen LogP contribution in [0, 0.1) is 0 Å². The summed E-state index contributed by atoms with van der Waals surface area (Å²) in [6, 6.07) is 0. The molecule has 0 fully saturated rings. The smallest absolute Gasteiger partial charge is 0.306 e. The summed E-state index contributed by atoms with van der Waals surface area (Å²) in [5, 5.41) is 0. The highest BCUT2D eigenvalue weighted by molar-refractivity contribution is 5.71. The zero-order valence-electron chi connectivity index (χ0n) is 53.2. The molecule has 1 unspecified atom stereocenters. The van der Waals surface area contributed by atoms with Gasteiger partial charge in [0, 0.05) is 19.3 Å². The largest absolute Gasteiger partial charge is 0.462 e. The predicted octanol–water partition coefficient (Wildman–Crippen LogP) is 23.5. The molecule has 0 aliphatic rings. The van der Waals surface area contributed by atoms with E-state index in [1.807, 2.05) is 0 Å². The molecule has 0 rings (SSSR count). The summed E-state index contributed by atoms with van der Waals surface area (Å²) in [6.07, 6.45) is 98.8. The Morgan fingerprint density at radius 3 is 0.744 bits per heavy atom. The van der Waals surface area contributed by atoms with E-state index in [1.54, 1.807) is 0 Å². The minimum absolute atomic E-state index is 0.0884. The standard InChI is InChI=1S/C76H124O6/c1-4-7-10-13-16-19-21-23-25-27-29-31-33-35-37-38-40-41-43-45-47-49-51-53-55-57-60-63-66-69-75(78)81-72-73(71-80-74(77)68-65-62-59-18-15-12-9-6-3)82-76(79)70-67-64-61-58-56-54-52-50-48-46-44-42-39-36-34-32-30-28-26-24-22-20-17-14-11-8-5-2/h7-8,10-11,16-17,19-20,23-26,29-32,35,37,40-41,45,47,51,53,73H,4-6,9,12-15,18,21-22,27-28,33-34,36,38-39,42-44,46,48-50,52,54-72H2,1-3H3/b10-7-,11-8-,19-16-,20-17-,25-23-,26-24-,31-29-,32-30-,37-35-,41-40-,47-45-,53-51-. The molecule has 0 aromatic heterocycles. The number of unbranched alkanes of at least 4 members (excludes halogenated alkanes) is 25. The third kappa shape index (κ3) is 66.1. The first-order valence-electron chi connectivity index (χ1n) is 33.8. The molecule has 0 amide bonds. The van der Waals surface area contributed by atoms with Crippen LogP contribution in [0.2, 0.25) is 0 Å². The summed E-state index contributed by atoms with van der Waals surface area (Å²) in [5.74, 6) is -0.917. The molecule has 0 N–H and O–H groups in total. The van der Waals surface area contributed by atoms with Crippen LogP contribution in [-0.2, 0) is 28.6 Å². The summed E-state index contributed by atoms with van der Waals surface area (Å²) in [6.45, 7) is 6.37. The first-order valence-corrected chi connectivity index (χ1v) is 33.8. The number of rotatable bonds is 60. The van der Waals surface area contributed by atoms with Crippen molar-refractivity contribution >= 4 is 17.9 Å². The topological polar surface area (TPSA) is 78.9 Å². The van der Waals surface area contributed by atoms with Crippen molar-refractivity contribution in [2.45, 2.75) is 303 Å². The highest BCUT2D eigenvalue weighted by atomic mass is 16.6. The molecule has 0 aliphatic carbocycles. The molecule has 0 aromatic carbocycles. The van der Waals surface area contributed by atoms with Crippen molar-refractivity contribution < 1.29 is 28.6 Å². The van der Waals surface area contributed by atoms with Gasteiger partial charge < -0.3 is 14.2 Å². The fourth-order valence-corrected chi connectivity index (χ4v) is 9.10. The van der Waals surface area contributed by atoms with E-state index in [9.17, 15) is 14.4 Å². The van der Waals surface area contributed by atoms with Gasteiger partial charge in [0.25, 0.3) is 0 Å². The van der Waals surface area contributed by atoms with Crippen molar-refractivity contribution in [2.75, 3.05) is 13.2 Å². The number of hydrogen-bond acceptors (Lipinski definition) is 6. The summed E-state index contributed by atoms with van der Waals surface area (Å²) in [4.78, 5) is 38.2. The Morgan fingerprint density at radius 2 is 0.476 bits per heavy atom. The Hall–Kier alpha value is -4.71. The average molecular weight is 1130 g/mol. The third-order valence-corrected chi connectivity index (χ3v) is 14.1. The average Bonchev–Trinajstić information content (AvgIpc) is 3.47. The number of carbonyl (C=O) groups is 3. The van der Waals surface area contributed by atoms with Crippen LogP contribution in [-0.4, -0.2) is 37.2 Å². The molecular formula is C76H124O6. The minimum Gasteiger partial charge on any atom is -0.462 e. The van der Waals surface area contributed by atoms with Gasteiger partial charge in [0.05, 0.1) is 0 Å². The number of hydrogen-bond donors (Lipinski definition) is 0. The van der Waals surface area contributed by atoms with Crippen LogP contribution in [0.25, 0.3) is 0 Å². The van der Waals surface area contributed by atoms with Gasteiger partial charge in [0.1, 0.15) is 13.2 Å². The molecule has 0 heterocycles. The molecule has 82 heavy (non-hydrogen) atoms. The molecule has 0 aromatic rings. The van der Waals surface area contributed by atoms with E-state index in [-0.39, 0.29) is 31.1 Å². The van der Waals surface area contributed by atoms with Gasteiger partial charge >= 0.3 is 17.9 Å². The lowest BCUT2D eigenvalue weighted by Crippen LogP contribution is -2.30. The molecule has 6 nitrogen and oxygen atoms in total. The Bertz CT molecular complexity index is 1780. The molecule has 6 heteroatoms. The van der Waals surface area contributed by atoms with Gasteiger partial charge in [-0.15, -0.1) is 0 Å². The number of esters is 3. The lowest BCUT2D eigenvalue weighted by molar-refractivity contribution is -0.167. The van der Waals surface area contributed by atoms with Crippen LogP contribution >= 0.6 is 0 Å². The fourth-order valence-electron chi connectivity index (χ4n) is 9.10. The number of allylic oxidation sites excluding steroid dienone is 24. The number of ether oxygens (including phenoxy) is 3. The van der Waals surface area contributed by atoms with Crippen molar-refractivity contribution in [2.24, 2.45) is 0 Å². The maximum absolute atomic E-state index is 12.9. The van der Waals surface area contributed by atoms with Crippen LogP contribution in [0.15, 0.2) is 146 Å². The molecule has 0 spiro atoms. The summed E-state index contributed by atoms with van der Waals surface area (Å²) in [7, 11) is 0. The Balaban J connectivity index is 4.23. The second kappa shape index (κ2) is 68.8. The maximum Gasteiger partial charge on any atom is 0.306 e. The van der Waals surface area contributed by atoms with E-state index in [2.05, 4.69) is 167 Å². The van der Waals surface area contributed by atoms with Crippen LogP contribution in [0.5, 0.6) is 0 Å². The SMILES string of the molecule is CC/C=C\C/C=C\C/C=C\C/C=C\C/C=C\C/C=C\C/C=C\C/C=C\CCCCCCC(=O)OCC(COC(=O)CCCCCCCCCC)OC(=O)CCCCCCCCCCCCCCCC/C=C\C/C=C\C/C=C\C/C=C\CC. The molecule has 0 saturated heterocycles. The van der Waals surface area contributed by atoms with E-state index in [1.165, 1.54) is 109 Å². The van der Waals surface area contributed by atoms with E-state index in [4.69, 9.17) is 14.2 Å². The molecule has 464 valence electrons. The van der Waals surface area contributed by atoms with E-state index in [0.717, 1.165) is 148 Å². The molecule has 0 radical (unpaired) electrons. The Morgan fingerprint density at radius 1 is 0.256 bits per heavy atom. The van der Waals surface area contributed by atoms with Gasteiger partial charge in [0.15, 0.2) is 6.10 Å². The van der Waals surface area contributed by atoms with Gasteiger partial charge in [-0.05, 0) is 122 Å². The molecule has 0 aliphatic heterocycles. The van der Waals surface area contributed by atoms with Crippen LogP contribution in [0.4, 0.5) is 0 Å². The van der Waals surface area contributed by atoms with Crippen LogP contribution in [0.3, 0.4) is 0 Å². The molecule has 1 atom stereocenters. The van der Waals surface area contributed by atoms with E-state index in [0.29, 0.717) is 19.3 Å². The van der Waals surface area contributed by atoms with Crippen molar-refractivity contribution in [1.29, 1.82) is 0 Å². The lowest BCUT2D eigenvalue weighted by Gasteiger charge is -2.18. The van der Waals surface area contributed by atoms with Crippen LogP contribution in [0.1, 0.15) is 297 Å². The highest BCUT2D eigenvalue weighted by Crippen LogP contribution is 2.16. The van der Waals surface area contributed by atoms with Crippen molar-refractivity contribution in [3.8, 4) is 0 Å². The summed E-state index contributed by atoms with van der Waals surface area (Å²) < 4.78 is 16.9. The van der Waals surface area contributed by atoms with E-state index >= 15 is 0 Å². The van der Waals surface area contributed by atoms with Crippen molar-refractivity contribution in [3.05, 3.63) is 146 Å². The lowest BCUT2D eigenvalue weighted by atomic mass is 10.0. The second-order valence-corrected chi connectivity index (χ2v) is 22.0. The third-order valence-electron chi connectivity index (χ3n) is 14.1. The van der Waals surface area contributed by atoms with Crippen molar-refractivity contribution in [3.63, 3.8) is 0 Å². The monoisotopic (exact) mass is 1130 g/mol. The first-order chi connectivity index (χ1) is 40.5. The molecule has 0 bridgehead atoms. The number of carbonyl (C=O) groups excluding carboxylic acids is 3. The first kappa shape index (κ1) is 77.3. The van der Waals surface area contributed by atoms with Gasteiger partial charge in [0.2, 0.25) is 0 Å². The zero-order valence-corrected chi connectivity index (χ0v) is 53.2. The highest BCUT2D eigenvalue weighted by Gasteiger charge is 2.19. The maximum atomic E-state index is 12.9. The predicted molar refractivity (Wildman–Crippen MR) is 357 cm³/mol. The van der Waals surface area contributed by atoms with Gasteiger partial charge in [-0.25, -0.2) is 0 Å². The van der Waals surface area contributed by atoms with Crippen LogP contribution < -0.4 is 0 Å². The quantitative estimate of drug-likeness (QED) is 0.0261. The second-order valence-electron chi connectivity index (χ2n) is 22.0. The minimum atomic E-state index is -0.793. The van der Waals surface area contributed by atoms with Gasteiger partial charge in [-0.3, -0.25) is 14.4 Å².